The highest BCUT2D eigenvalue weighted by atomic mass is 32.2. The summed E-state index contributed by atoms with van der Waals surface area (Å²) in [6, 6.07) is 13.8. The van der Waals surface area contributed by atoms with Crippen LogP contribution in [0.3, 0.4) is 0 Å². The van der Waals surface area contributed by atoms with Gasteiger partial charge >= 0.3 is 0 Å². The van der Waals surface area contributed by atoms with Gasteiger partial charge in [0.05, 0.1) is 23.3 Å². The van der Waals surface area contributed by atoms with Crippen molar-refractivity contribution in [2.24, 2.45) is 0 Å². The molecule has 1 N–H and O–H groups in total. The number of carbonyl (C=O) groups excluding carboxylic acids is 1. The van der Waals surface area contributed by atoms with Gasteiger partial charge in [-0.1, -0.05) is 42.5 Å². The highest BCUT2D eigenvalue weighted by Crippen LogP contribution is 2.23. The van der Waals surface area contributed by atoms with E-state index in [-0.39, 0.29) is 16.2 Å². The first-order valence-corrected chi connectivity index (χ1v) is 11.5. The Balaban J connectivity index is 1.74. The molecule has 2 aromatic carbocycles. The van der Waals surface area contributed by atoms with Gasteiger partial charge in [-0.25, -0.2) is 8.42 Å². The van der Waals surface area contributed by atoms with Gasteiger partial charge in [0.25, 0.3) is 5.91 Å². The fraction of sp³-hybridized carbons (Fsp3) is 0.250. The Morgan fingerprint density at radius 2 is 1.83 bits per heavy atom. The molecular formula is C20H21N3O4S2. The summed E-state index contributed by atoms with van der Waals surface area (Å²) >= 11 is 1.25. The van der Waals surface area contributed by atoms with Crippen LogP contribution in [0.2, 0.25) is 0 Å². The Hall–Kier alpha value is -2.78. The van der Waals surface area contributed by atoms with Gasteiger partial charge in [0.1, 0.15) is 10.8 Å². The zero-order valence-electron chi connectivity index (χ0n) is 16.1. The van der Waals surface area contributed by atoms with Gasteiger partial charge in [0.2, 0.25) is 5.13 Å². The molecule has 0 saturated heterocycles. The Kier molecular flexibility index (Phi) is 6.60. The van der Waals surface area contributed by atoms with Crippen LogP contribution in [0.5, 0.6) is 5.75 Å². The molecule has 0 spiro atoms. The Labute approximate surface area is 173 Å². The molecule has 0 aliphatic rings. The number of benzene rings is 2. The van der Waals surface area contributed by atoms with Crippen molar-refractivity contribution in [3.8, 4) is 5.75 Å². The molecule has 9 heteroatoms. The van der Waals surface area contributed by atoms with Gasteiger partial charge in [-0.05, 0) is 36.2 Å². The topological polar surface area (TPSA) is 98.2 Å². The Bertz CT molecular complexity index is 1090. The molecular weight excluding hydrogens is 410 g/mol. The third kappa shape index (κ3) is 5.18. The van der Waals surface area contributed by atoms with Crippen molar-refractivity contribution in [2.75, 3.05) is 18.2 Å². The third-order valence-corrected chi connectivity index (χ3v) is 6.95. The van der Waals surface area contributed by atoms with Crippen LogP contribution in [0.15, 0.2) is 53.4 Å². The summed E-state index contributed by atoms with van der Waals surface area (Å²) in [6.07, 6.45) is 1.04. The maximum Gasteiger partial charge on any atom is 0.258 e. The first-order valence-electron chi connectivity index (χ1n) is 9.01. The number of methoxy groups -OCH3 is 1. The number of sulfone groups is 1. The highest BCUT2D eigenvalue weighted by molar-refractivity contribution is 7.91. The van der Waals surface area contributed by atoms with Gasteiger partial charge in [-0.3, -0.25) is 10.1 Å². The number of ether oxygens (including phenoxy) is 1. The van der Waals surface area contributed by atoms with Crippen LogP contribution in [0.25, 0.3) is 0 Å². The van der Waals surface area contributed by atoms with E-state index in [1.54, 1.807) is 26.2 Å². The zero-order chi connectivity index (χ0) is 20.9. The molecule has 0 unspecified atom stereocenters. The second-order valence-corrected chi connectivity index (χ2v) is 9.43. The molecule has 0 saturated carbocycles. The van der Waals surface area contributed by atoms with E-state index in [4.69, 9.17) is 4.74 Å². The molecule has 7 nitrogen and oxygen atoms in total. The first kappa shape index (κ1) is 20.9. The van der Waals surface area contributed by atoms with E-state index < -0.39 is 15.7 Å². The van der Waals surface area contributed by atoms with Crippen LogP contribution in [-0.2, 0) is 16.3 Å². The second kappa shape index (κ2) is 9.15. The summed E-state index contributed by atoms with van der Waals surface area (Å²) < 4.78 is 30.0. The van der Waals surface area contributed by atoms with Gasteiger partial charge in [0, 0.05) is 6.42 Å². The molecule has 29 heavy (non-hydrogen) atoms. The lowest BCUT2D eigenvalue weighted by molar-refractivity contribution is 0.102. The smallest absolute Gasteiger partial charge is 0.258 e. The standard InChI is InChI=1S/C20H21N3O4S2/c1-3-12-29(25,26)17-7-5-4-6-16(17)19(24)21-20-23-22-18(28-20)13-14-8-10-15(27-2)11-9-14/h4-11H,3,12-13H2,1-2H3,(H,21,23,24). The normalized spacial score (nSPS) is 11.2. The molecule has 0 bridgehead atoms. The lowest BCUT2D eigenvalue weighted by Gasteiger charge is -2.09. The van der Waals surface area contributed by atoms with Crippen LogP contribution in [-0.4, -0.2) is 37.4 Å². The molecule has 0 atom stereocenters. The summed E-state index contributed by atoms with van der Waals surface area (Å²) in [4.78, 5) is 12.7. The zero-order valence-corrected chi connectivity index (χ0v) is 17.7. The molecule has 0 aliphatic carbocycles. The number of hydrogen-bond donors (Lipinski definition) is 1. The minimum Gasteiger partial charge on any atom is -0.497 e. The predicted octanol–water partition coefficient (Wildman–Crippen LogP) is 3.57. The predicted molar refractivity (Wildman–Crippen MR) is 112 cm³/mol. The quantitative estimate of drug-likeness (QED) is 0.585. The summed E-state index contributed by atoms with van der Waals surface area (Å²) in [5.41, 5.74) is 1.14. The fourth-order valence-corrected chi connectivity index (χ4v) is 5.07. The molecule has 0 fully saturated rings. The second-order valence-electron chi connectivity index (χ2n) is 6.29. The highest BCUT2D eigenvalue weighted by Gasteiger charge is 2.22. The molecule has 1 heterocycles. The van der Waals surface area contributed by atoms with E-state index in [1.165, 1.54) is 23.5 Å². The number of rotatable bonds is 8. The third-order valence-electron chi connectivity index (χ3n) is 4.14. The summed E-state index contributed by atoms with van der Waals surface area (Å²) in [7, 11) is -1.91. The van der Waals surface area contributed by atoms with Crippen molar-refractivity contribution in [1.82, 2.24) is 10.2 Å². The van der Waals surface area contributed by atoms with Crippen molar-refractivity contribution in [2.45, 2.75) is 24.7 Å². The molecule has 3 aromatic rings. The summed E-state index contributed by atoms with van der Waals surface area (Å²) in [5.74, 6) is 0.241. The van der Waals surface area contributed by atoms with E-state index in [0.717, 1.165) is 16.3 Å². The van der Waals surface area contributed by atoms with Gasteiger partial charge in [0.15, 0.2) is 9.84 Å². The number of anilines is 1. The number of nitrogens with zero attached hydrogens (tertiary/aromatic N) is 2. The van der Waals surface area contributed by atoms with Gasteiger partial charge < -0.3 is 4.74 Å². The maximum absolute atomic E-state index is 12.7. The average Bonchev–Trinajstić information content (AvgIpc) is 3.15. The Morgan fingerprint density at radius 3 is 2.52 bits per heavy atom. The summed E-state index contributed by atoms with van der Waals surface area (Å²) in [6.45, 7) is 1.78. The van der Waals surface area contributed by atoms with Crippen LogP contribution in [0, 0.1) is 0 Å². The van der Waals surface area contributed by atoms with Crippen LogP contribution in [0.4, 0.5) is 5.13 Å². The molecule has 152 valence electrons. The van der Waals surface area contributed by atoms with Gasteiger partial charge in [-0.15, -0.1) is 10.2 Å². The van der Waals surface area contributed by atoms with E-state index >= 15 is 0 Å². The van der Waals surface area contributed by atoms with Crippen molar-refractivity contribution in [3.63, 3.8) is 0 Å². The Morgan fingerprint density at radius 1 is 1.10 bits per heavy atom. The average molecular weight is 432 g/mol. The molecule has 0 aliphatic heterocycles. The molecule has 0 radical (unpaired) electrons. The minimum absolute atomic E-state index is 0.0118. The monoisotopic (exact) mass is 431 g/mol. The van der Waals surface area contributed by atoms with Crippen molar-refractivity contribution < 1.29 is 17.9 Å². The van der Waals surface area contributed by atoms with E-state index in [2.05, 4.69) is 15.5 Å². The minimum atomic E-state index is -3.52. The fourth-order valence-electron chi connectivity index (χ4n) is 2.76. The number of amides is 1. The lowest BCUT2D eigenvalue weighted by atomic mass is 10.1. The van der Waals surface area contributed by atoms with Crippen LogP contribution < -0.4 is 10.1 Å². The largest absolute Gasteiger partial charge is 0.497 e. The number of aromatic nitrogens is 2. The van der Waals surface area contributed by atoms with E-state index in [1.807, 2.05) is 24.3 Å². The SMILES string of the molecule is CCCS(=O)(=O)c1ccccc1C(=O)Nc1nnc(Cc2ccc(OC)cc2)s1. The van der Waals surface area contributed by atoms with E-state index in [0.29, 0.717) is 18.0 Å². The number of carbonyl (C=O) groups is 1. The van der Waals surface area contributed by atoms with Crippen LogP contribution >= 0.6 is 11.3 Å². The van der Waals surface area contributed by atoms with Crippen LogP contribution in [0.1, 0.15) is 34.3 Å². The van der Waals surface area contributed by atoms with Crippen molar-refractivity contribution in [1.29, 1.82) is 0 Å². The number of nitrogens with one attached hydrogen (secondary N) is 1. The summed E-state index contributed by atoms with van der Waals surface area (Å²) in [5, 5.41) is 11.8. The van der Waals surface area contributed by atoms with E-state index in [9.17, 15) is 13.2 Å². The van der Waals surface area contributed by atoms with Crippen molar-refractivity contribution in [3.05, 3.63) is 64.7 Å². The first-order chi connectivity index (χ1) is 13.9. The maximum atomic E-state index is 12.7. The van der Waals surface area contributed by atoms with Crippen molar-refractivity contribution >= 4 is 32.2 Å². The molecule has 1 aromatic heterocycles. The number of hydrogen-bond acceptors (Lipinski definition) is 7. The molecule has 3 rings (SSSR count). The lowest BCUT2D eigenvalue weighted by Crippen LogP contribution is -2.17. The molecule has 1 amide bonds. The van der Waals surface area contributed by atoms with Gasteiger partial charge in [-0.2, -0.15) is 0 Å².